The van der Waals surface area contributed by atoms with Gasteiger partial charge in [0.2, 0.25) is 5.90 Å². The van der Waals surface area contributed by atoms with Gasteiger partial charge < -0.3 is 9.47 Å². The average molecular weight is 500 g/mol. The van der Waals surface area contributed by atoms with Gasteiger partial charge in [-0.05, 0) is 30.7 Å². The third-order valence-electron chi connectivity index (χ3n) is 5.24. The number of Topliss-reactive ketones (excluding diaryl/α,β-unsaturated/α-hetero) is 2. The molecule has 2 aliphatic rings. The molecule has 2 aromatic carbocycles. The zero-order chi connectivity index (χ0) is 24.4. The van der Waals surface area contributed by atoms with Crippen molar-refractivity contribution in [3.63, 3.8) is 0 Å². The van der Waals surface area contributed by atoms with E-state index in [1.807, 2.05) is 24.3 Å². The molecule has 2 aromatic rings. The topological polar surface area (TPSA) is 97.6 Å². The van der Waals surface area contributed by atoms with E-state index in [9.17, 15) is 14.4 Å². The van der Waals surface area contributed by atoms with Gasteiger partial charge in [-0.25, -0.2) is 4.99 Å². The molecule has 0 aliphatic carbocycles. The maximum absolute atomic E-state index is 12.4. The Kier molecular flexibility index (Phi) is 6.81. The van der Waals surface area contributed by atoms with E-state index >= 15 is 0 Å². The number of benzene rings is 2. The average Bonchev–Trinajstić information content (AvgIpc) is 2.81. The third kappa shape index (κ3) is 4.88. The molecule has 4 rings (SSSR count). The summed E-state index contributed by atoms with van der Waals surface area (Å²) in [5, 5.41) is 5.33. The molecule has 10 heteroatoms. The van der Waals surface area contributed by atoms with Crippen molar-refractivity contribution in [1.29, 1.82) is 0 Å². The normalized spacial score (nSPS) is 16.2. The lowest BCUT2D eigenvalue weighted by Crippen LogP contribution is -2.36. The van der Waals surface area contributed by atoms with Crippen molar-refractivity contribution in [2.45, 2.75) is 19.8 Å². The Balaban J connectivity index is 1.58. The number of nitrogens with zero attached hydrogens (tertiary/aromatic N) is 3. The molecule has 0 spiro atoms. The minimum absolute atomic E-state index is 0.0755. The first-order valence-electron chi connectivity index (χ1n) is 10.2. The number of para-hydroxylation sites is 1. The van der Waals surface area contributed by atoms with Gasteiger partial charge in [0.05, 0.1) is 29.3 Å². The van der Waals surface area contributed by atoms with Crippen LogP contribution < -0.4 is 14.5 Å². The van der Waals surface area contributed by atoms with E-state index in [-0.39, 0.29) is 51.9 Å². The SMILES string of the molecule is COc1ccccc1CC1=CC(Oc2c(Cl)cc(N3N=C(C)C(=O)CC3=O)cc2Cl)=NCC1=O. The molecule has 0 unspecified atom stereocenters. The number of methoxy groups -OCH3 is 1. The summed E-state index contributed by atoms with van der Waals surface area (Å²) in [6.07, 6.45) is 1.61. The number of amides is 1. The molecule has 0 bridgehead atoms. The number of aliphatic imine (C=N–C) groups is 1. The van der Waals surface area contributed by atoms with Crippen molar-refractivity contribution in [3.8, 4) is 11.5 Å². The van der Waals surface area contributed by atoms with Gasteiger partial charge in [-0.3, -0.25) is 14.4 Å². The Morgan fingerprint density at radius 2 is 1.76 bits per heavy atom. The van der Waals surface area contributed by atoms with Crippen molar-refractivity contribution in [2.24, 2.45) is 10.1 Å². The fourth-order valence-electron chi connectivity index (χ4n) is 3.47. The van der Waals surface area contributed by atoms with Crippen LogP contribution in [0.1, 0.15) is 18.9 Å². The van der Waals surface area contributed by atoms with Crippen molar-refractivity contribution in [2.75, 3.05) is 18.7 Å². The van der Waals surface area contributed by atoms with Gasteiger partial charge >= 0.3 is 0 Å². The van der Waals surface area contributed by atoms with Crippen LogP contribution in [0.15, 0.2) is 58.1 Å². The molecule has 0 radical (unpaired) electrons. The Labute approximate surface area is 205 Å². The molecule has 2 heterocycles. The first-order valence-corrected chi connectivity index (χ1v) is 11.0. The summed E-state index contributed by atoms with van der Waals surface area (Å²) >= 11 is 12.8. The van der Waals surface area contributed by atoms with Gasteiger partial charge in [-0.15, -0.1) is 0 Å². The van der Waals surface area contributed by atoms with E-state index in [1.54, 1.807) is 13.2 Å². The van der Waals surface area contributed by atoms with Crippen LogP contribution in [0.3, 0.4) is 0 Å². The van der Waals surface area contributed by atoms with Crippen LogP contribution in [-0.2, 0) is 20.8 Å². The van der Waals surface area contributed by atoms with Gasteiger partial charge in [-0.2, -0.15) is 10.1 Å². The monoisotopic (exact) mass is 499 g/mol. The second kappa shape index (κ2) is 9.79. The predicted octanol–water partition coefficient (Wildman–Crippen LogP) is 4.21. The summed E-state index contributed by atoms with van der Waals surface area (Å²) in [6, 6.07) is 10.3. The molecule has 174 valence electrons. The molecule has 0 atom stereocenters. The van der Waals surface area contributed by atoms with Crippen molar-refractivity contribution in [3.05, 3.63) is 63.7 Å². The maximum atomic E-state index is 12.4. The second-order valence-electron chi connectivity index (χ2n) is 7.57. The quantitative estimate of drug-likeness (QED) is 0.573. The minimum Gasteiger partial charge on any atom is -0.496 e. The van der Waals surface area contributed by atoms with E-state index in [0.29, 0.717) is 23.4 Å². The van der Waals surface area contributed by atoms with Crippen molar-refractivity contribution in [1.82, 2.24) is 0 Å². The Morgan fingerprint density at radius 3 is 2.47 bits per heavy atom. The molecule has 0 saturated carbocycles. The van der Waals surface area contributed by atoms with Crippen molar-refractivity contribution >= 4 is 58.0 Å². The van der Waals surface area contributed by atoms with Gasteiger partial charge in [0.1, 0.15) is 18.0 Å². The van der Waals surface area contributed by atoms with Crippen LogP contribution in [0.25, 0.3) is 0 Å². The van der Waals surface area contributed by atoms with E-state index in [1.165, 1.54) is 19.1 Å². The van der Waals surface area contributed by atoms with Crippen LogP contribution >= 0.6 is 23.2 Å². The number of anilines is 1. The first kappa shape index (κ1) is 23.7. The maximum Gasteiger partial charge on any atom is 0.255 e. The molecular formula is C24H19Cl2N3O5. The molecule has 1 amide bonds. The predicted molar refractivity (Wildman–Crippen MR) is 129 cm³/mol. The highest BCUT2D eigenvalue weighted by molar-refractivity contribution is 6.44. The zero-order valence-electron chi connectivity index (χ0n) is 18.3. The lowest BCUT2D eigenvalue weighted by molar-refractivity contribution is -0.124. The molecular weight excluding hydrogens is 481 g/mol. The highest BCUT2D eigenvalue weighted by Gasteiger charge is 2.28. The summed E-state index contributed by atoms with van der Waals surface area (Å²) in [5.41, 5.74) is 1.87. The van der Waals surface area contributed by atoms with Gasteiger partial charge in [0.15, 0.2) is 17.3 Å². The molecule has 0 aromatic heterocycles. The van der Waals surface area contributed by atoms with Crippen LogP contribution in [0.2, 0.25) is 10.0 Å². The number of dihydropyridines is 1. The van der Waals surface area contributed by atoms with Crippen LogP contribution in [-0.4, -0.2) is 42.7 Å². The van der Waals surface area contributed by atoms with E-state index in [4.69, 9.17) is 32.7 Å². The zero-order valence-corrected chi connectivity index (χ0v) is 19.8. The second-order valence-corrected chi connectivity index (χ2v) is 8.38. The van der Waals surface area contributed by atoms with Gasteiger partial charge in [0, 0.05) is 18.1 Å². The molecule has 0 N–H and O–H groups in total. The first-order chi connectivity index (χ1) is 16.3. The van der Waals surface area contributed by atoms with E-state index in [0.717, 1.165) is 10.6 Å². The number of hydrogen-bond donors (Lipinski definition) is 0. The van der Waals surface area contributed by atoms with E-state index in [2.05, 4.69) is 10.1 Å². The summed E-state index contributed by atoms with van der Waals surface area (Å²) in [5.74, 6) is 0.0187. The number of ketones is 2. The Hall–Kier alpha value is -3.49. The number of hydrogen-bond acceptors (Lipinski definition) is 7. The van der Waals surface area contributed by atoms with Crippen LogP contribution in [0.5, 0.6) is 11.5 Å². The molecule has 0 saturated heterocycles. The van der Waals surface area contributed by atoms with Crippen molar-refractivity contribution < 1.29 is 23.9 Å². The highest BCUT2D eigenvalue weighted by atomic mass is 35.5. The molecule has 34 heavy (non-hydrogen) atoms. The van der Waals surface area contributed by atoms with E-state index < -0.39 is 5.91 Å². The lowest BCUT2D eigenvalue weighted by Gasteiger charge is -2.23. The van der Waals surface area contributed by atoms with Crippen LogP contribution in [0.4, 0.5) is 5.69 Å². The Morgan fingerprint density at radius 1 is 1.06 bits per heavy atom. The lowest BCUT2D eigenvalue weighted by atomic mass is 9.99. The number of hydrazone groups is 1. The summed E-state index contributed by atoms with van der Waals surface area (Å²) < 4.78 is 11.2. The smallest absolute Gasteiger partial charge is 0.255 e. The number of carbonyl (C=O) groups is 3. The largest absolute Gasteiger partial charge is 0.496 e. The summed E-state index contributed by atoms with van der Waals surface area (Å²) in [4.78, 5) is 40.5. The van der Waals surface area contributed by atoms with Gasteiger partial charge in [0.25, 0.3) is 5.91 Å². The highest BCUT2D eigenvalue weighted by Crippen LogP contribution is 2.38. The number of carbonyl (C=O) groups excluding carboxylic acids is 3. The molecule has 0 fully saturated rings. The Bertz CT molecular complexity index is 1280. The third-order valence-corrected chi connectivity index (χ3v) is 5.81. The summed E-state index contributed by atoms with van der Waals surface area (Å²) in [6.45, 7) is 1.45. The molecule has 2 aliphatic heterocycles. The number of halogens is 2. The fourth-order valence-corrected chi connectivity index (χ4v) is 4.02. The summed E-state index contributed by atoms with van der Waals surface area (Å²) in [7, 11) is 1.57. The number of rotatable bonds is 5. The van der Waals surface area contributed by atoms with Gasteiger partial charge in [-0.1, -0.05) is 41.4 Å². The number of ether oxygens (including phenoxy) is 2. The minimum atomic E-state index is -0.490. The molecule has 8 nitrogen and oxygen atoms in total. The fraction of sp³-hybridized carbons (Fsp3) is 0.208. The van der Waals surface area contributed by atoms with Crippen LogP contribution in [0, 0.1) is 0 Å². The standard InChI is InChI=1S/C24H19Cl2N3O5/c1-13-19(30)11-23(32)29(28-13)16-9-17(25)24(18(26)10-16)34-22-8-15(20(31)12-27-22)7-14-5-3-4-6-21(14)33-2/h3-6,8-10H,7,11-12H2,1-2H3.